The molecule has 4 nitrogen and oxygen atoms in total. The van der Waals surface area contributed by atoms with Gasteiger partial charge in [-0.2, -0.15) is 0 Å². The zero-order valence-corrected chi connectivity index (χ0v) is 14.2. The summed E-state index contributed by atoms with van der Waals surface area (Å²) in [5.74, 6) is -0.705. The van der Waals surface area contributed by atoms with Gasteiger partial charge in [-0.05, 0) is 40.9 Å². The number of rotatable bonds is 7. The first-order valence-corrected chi connectivity index (χ1v) is 7.79. The summed E-state index contributed by atoms with van der Waals surface area (Å²) in [7, 11) is 1.60. The number of halogens is 2. The SMILES string of the molecule is CCC(CC)N(CCOC)C(=O)c1cc(N)c(F)cc1Br. The molecule has 1 aromatic carbocycles. The van der Waals surface area contributed by atoms with Crippen LogP contribution in [0, 0.1) is 5.82 Å². The molecule has 0 atom stereocenters. The molecular weight excluding hydrogens is 339 g/mol. The van der Waals surface area contributed by atoms with Crippen molar-refractivity contribution in [1.82, 2.24) is 4.90 Å². The molecule has 0 aliphatic heterocycles. The fourth-order valence-electron chi connectivity index (χ4n) is 2.25. The standard InChI is InChI=1S/C15H22BrFN2O2/c1-4-10(5-2)19(6-7-21-3)15(20)11-8-14(18)13(17)9-12(11)16/h8-10H,4-7,18H2,1-3H3. The number of anilines is 1. The number of ether oxygens (including phenoxy) is 1. The van der Waals surface area contributed by atoms with Gasteiger partial charge in [0.1, 0.15) is 5.82 Å². The Hall–Kier alpha value is -1.14. The molecule has 0 heterocycles. The third kappa shape index (κ3) is 4.41. The van der Waals surface area contributed by atoms with Crippen LogP contribution in [-0.2, 0) is 4.74 Å². The van der Waals surface area contributed by atoms with Gasteiger partial charge in [-0.15, -0.1) is 0 Å². The summed E-state index contributed by atoms with van der Waals surface area (Å²) in [6.07, 6.45) is 1.69. The van der Waals surface area contributed by atoms with E-state index in [1.807, 2.05) is 13.8 Å². The van der Waals surface area contributed by atoms with Crippen LogP contribution in [0.3, 0.4) is 0 Å². The van der Waals surface area contributed by atoms with E-state index in [-0.39, 0.29) is 17.6 Å². The minimum Gasteiger partial charge on any atom is -0.396 e. The molecule has 0 spiro atoms. The van der Waals surface area contributed by atoms with Gasteiger partial charge < -0.3 is 15.4 Å². The summed E-state index contributed by atoms with van der Waals surface area (Å²) in [4.78, 5) is 14.5. The average Bonchev–Trinajstić information content (AvgIpc) is 2.46. The molecule has 1 aromatic rings. The van der Waals surface area contributed by atoms with Crippen molar-refractivity contribution in [2.45, 2.75) is 32.7 Å². The number of methoxy groups -OCH3 is 1. The van der Waals surface area contributed by atoms with E-state index in [2.05, 4.69) is 15.9 Å². The van der Waals surface area contributed by atoms with Gasteiger partial charge in [0.25, 0.3) is 5.91 Å². The van der Waals surface area contributed by atoms with Crippen molar-refractivity contribution >= 4 is 27.5 Å². The Morgan fingerprint density at radius 2 is 2.05 bits per heavy atom. The van der Waals surface area contributed by atoms with Crippen molar-refractivity contribution in [1.29, 1.82) is 0 Å². The summed E-state index contributed by atoms with van der Waals surface area (Å²) >= 11 is 3.24. The molecule has 0 saturated heterocycles. The first kappa shape index (κ1) is 17.9. The van der Waals surface area contributed by atoms with Crippen molar-refractivity contribution < 1.29 is 13.9 Å². The van der Waals surface area contributed by atoms with E-state index < -0.39 is 5.82 Å². The molecule has 2 N–H and O–H groups in total. The first-order chi connectivity index (χ1) is 9.96. The molecule has 21 heavy (non-hydrogen) atoms. The van der Waals surface area contributed by atoms with Crippen molar-refractivity contribution in [3.63, 3.8) is 0 Å². The maximum Gasteiger partial charge on any atom is 0.255 e. The Labute approximate surface area is 133 Å². The predicted molar refractivity (Wildman–Crippen MR) is 85.8 cm³/mol. The van der Waals surface area contributed by atoms with Crippen molar-refractivity contribution in [3.05, 3.63) is 28.0 Å². The second kappa shape index (κ2) is 8.34. The largest absolute Gasteiger partial charge is 0.396 e. The van der Waals surface area contributed by atoms with Crippen LogP contribution in [-0.4, -0.2) is 37.1 Å². The lowest BCUT2D eigenvalue weighted by Gasteiger charge is -2.31. The van der Waals surface area contributed by atoms with Gasteiger partial charge in [-0.1, -0.05) is 13.8 Å². The van der Waals surface area contributed by atoms with Gasteiger partial charge in [0, 0.05) is 24.2 Å². The van der Waals surface area contributed by atoms with Crippen LogP contribution in [0.15, 0.2) is 16.6 Å². The van der Waals surface area contributed by atoms with E-state index >= 15 is 0 Å². The van der Waals surface area contributed by atoms with E-state index in [0.717, 1.165) is 12.8 Å². The van der Waals surface area contributed by atoms with E-state index in [4.69, 9.17) is 10.5 Å². The molecular formula is C15H22BrFN2O2. The normalized spacial score (nSPS) is 11.0. The summed E-state index contributed by atoms with van der Waals surface area (Å²) in [6.45, 7) is 5.02. The highest BCUT2D eigenvalue weighted by Crippen LogP contribution is 2.25. The molecule has 0 aliphatic rings. The van der Waals surface area contributed by atoms with Crippen molar-refractivity contribution in [2.24, 2.45) is 0 Å². The Morgan fingerprint density at radius 3 is 2.57 bits per heavy atom. The lowest BCUT2D eigenvalue weighted by molar-refractivity contribution is 0.0588. The number of nitrogens with two attached hydrogens (primary N) is 1. The topological polar surface area (TPSA) is 55.6 Å². The smallest absolute Gasteiger partial charge is 0.255 e. The highest BCUT2D eigenvalue weighted by molar-refractivity contribution is 9.10. The van der Waals surface area contributed by atoms with Crippen molar-refractivity contribution in [3.8, 4) is 0 Å². The maximum absolute atomic E-state index is 13.4. The molecule has 0 bridgehead atoms. The van der Waals surface area contributed by atoms with E-state index in [1.54, 1.807) is 12.0 Å². The number of carbonyl (C=O) groups is 1. The third-order valence-electron chi connectivity index (χ3n) is 3.50. The van der Waals surface area contributed by atoms with Gasteiger partial charge in [0.05, 0.1) is 17.9 Å². The van der Waals surface area contributed by atoms with Crippen LogP contribution in [0.1, 0.15) is 37.0 Å². The number of carbonyl (C=O) groups excluding carboxylic acids is 1. The second-order valence-electron chi connectivity index (χ2n) is 4.82. The minimum absolute atomic E-state index is 0.0298. The Balaban J connectivity index is 3.12. The van der Waals surface area contributed by atoms with E-state index in [1.165, 1.54) is 12.1 Å². The summed E-state index contributed by atoms with van der Waals surface area (Å²) in [5, 5.41) is 0. The van der Waals surface area contributed by atoms with Crippen LogP contribution in [0.4, 0.5) is 10.1 Å². The highest BCUT2D eigenvalue weighted by atomic mass is 79.9. The highest BCUT2D eigenvalue weighted by Gasteiger charge is 2.24. The molecule has 0 saturated carbocycles. The van der Waals surface area contributed by atoms with Gasteiger partial charge >= 0.3 is 0 Å². The van der Waals surface area contributed by atoms with Crippen LogP contribution in [0.2, 0.25) is 0 Å². The van der Waals surface area contributed by atoms with Gasteiger partial charge in [-0.3, -0.25) is 4.79 Å². The van der Waals surface area contributed by atoms with Crippen LogP contribution >= 0.6 is 15.9 Å². The molecule has 1 amide bonds. The minimum atomic E-state index is -0.538. The Morgan fingerprint density at radius 1 is 1.43 bits per heavy atom. The maximum atomic E-state index is 13.4. The molecule has 118 valence electrons. The monoisotopic (exact) mass is 360 g/mol. The fourth-order valence-corrected chi connectivity index (χ4v) is 2.74. The second-order valence-corrected chi connectivity index (χ2v) is 5.67. The molecule has 0 fully saturated rings. The predicted octanol–water partition coefficient (Wildman–Crippen LogP) is 3.45. The lowest BCUT2D eigenvalue weighted by Crippen LogP contribution is -2.42. The van der Waals surface area contributed by atoms with Crippen LogP contribution in [0.5, 0.6) is 0 Å². The summed E-state index contributed by atoms with van der Waals surface area (Å²) in [6, 6.07) is 2.72. The van der Waals surface area contributed by atoms with Gasteiger partial charge in [0.15, 0.2) is 0 Å². The number of hydrogen-bond donors (Lipinski definition) is 1. The van der Waals surface area contributed by atoms with E-state index in [0.29, 0.717) is 23.2 Å². The van der Waals surface area contributed by atoms with Crippen LogP contribution in [0.25, 0.3) is 0 Å². The number of nitrogens with zero attached hydrogens (tertiary/aromatic N) is 1. The molecule has 1 rings (SSSR count). The molecule has 0 radical (unpaired) electrons. The van der Waals surface area contributed by atoms with Gasteiger partial charge in [-0.25, -0.2) is 4.39 Å². The molecule has 0 aliphatic carbocycles. The van der Waals surface area contributed by atoms with E-state index in [9.17, 15) is 9.18 Å². The fraction of sp³-hybridized carbons (Fsp3) is 0.533. The third-order valence-corrected chi connectivity index (χ3v) is 4.15. The van der Waals surface area contributed by atoms with Crippen molar-refractivity contribution in [2.75, 3.05) is 26.0 Å². The molecule has 6 heteroatoms. The number of nitrogen functional groups attached to an aromatic ring is 1. The van der Waals surface area contributed by atoms with Crippen LogP contribution < -0.4 is 5.73 Å². The zero-order valence-electron chi connectivity index (χ0n) is 12.7. The number of benzene rings is 1. The lowest BCUT2D eigenvalue weighted by atomic mass is 10.1. The molecule has 0 aromatic heterocycles. The Kier molecular flexibility index (Phi) is 7.11. The molecule has 0 unspecified atom stereocenters. The van der Waals surface area contributed by atoms with Gasteiger partial charge in [0.2, 0.25) is 0 Å². The first-order valence-electron chi connectivity index (χ1n) is 7.00. The quantitative estimate of drug-likeness (QED) is 0.757. The zero-order chi connectivity index (χ0) is 16.0. The summed E-state index contributed by atoms with van der Waals surface area (Å²) in [5.41, 5.74) is 5.92. The summed E-state index contributed by atoms with van der Waals surface area (Å²) < 4.78 is 18.9. The Bertz CT molecular complexity index is 493. The number of amides is 1. The number of hydrogen-bond acceptors (Lipinski definition) is 3. The average molecular weight is 361 g/mol.